The van der Waals surface area contributed by atoms with Crippen molar-refractivity contribution in [1.29, 1.82) is 0 Å². The Kier molecular flexibility index (Phi) is 5.62. The average molecular weight is 429 g/mol. The minimum Gasteiger partial charge on any atom is -0.368 e. The fraction of sp³-hybridized carbons (Fsp3) is 0.320. The van der Waals surface area contributed by atoms with Crippen molar-refractivity contribution in [1.82, 2.24) is 9.97 Å². The Bertz CT molecular complexity index is 1070. The molecule has 0 saturated carbocycles. The Labute approximate surface area is 188 Å². The molecule has 7 nitrogen and oxygen atoms in total. The zero-order valence-corrected chi connectivity index (χ0v) is 18.3. The smallest absolute Gasteiger partial charge is 0.250 e. The Balaban J connectivity index is 1.44. The summed E-state index contributed by atoms with van der Waals surface area (Å²) in [5.41, 5.74) is 3.12. The number of hydrogen-bond donors (Lipinski definition) is 1. The molecule has 0 radical (unpaired) electrons. The number of amides is 1. The van der Waals surface area contributed by atoms with Gasteiger partial charge in [-0.15, -0.1) is 0 Å². The van der Waals surface area contributed by atoms with Crippen molar-refractivity contribution in [2.24, 2.45) is 0 Å². The lowest BCUT2D eigenvalue weighted by Gasteiger charge is -2.40. The highest BCUT2D eigenvalue weighted by Crippen LogP contribution is 2.39. The van der Waals surface area contributed by atoms with Crippen molar-refractivity contribution < 1.29 is 4.79 Å². The van der Waals surface area contributed by atoms with Crippen LogP contribution in [0.4, 0.5) is 23.0 Å². The van der Waals surface area contributed by atoms with Gasteiger partial charge in [0, 0.05) is 31.9 Å². The lowest BCUT2D eigenvalue weighted by Crippen LogP contribution is -2.50. The van der Waals surface area contributed by atoms with E-state index in [-0.39, 0.29) is 11.9 Å². The molecule has 1 amide bonds. The van der Waals surface area contributed by atoms with Gasteiger partial charge >= 0.3 is 0 Å². The summed E-state index contributed by atoms with van der Waals surface area (Å²) in [6, 6.07) is 20.3. The number of rotatable bonds is 5. The van der Waals surface area contributed by atoms with Gasteiger partial charge in [0.05, 0.1) is 6.54 Å². The Morgan fingerprint density at radius 1 is 0.906 bits per heavy atom. The molecule has 2 aliphatic rings. The van der Waals surface area contributed by atoms with Crippen LogP contribution in [0.25, 0.3) is 0 Å². The third-order valence-electron chi connectivity index (χ3n) is 6.24. The number of piperazine rings is 1. The molecule has 2 aliphatic heterocycles. The standard InChI is InChI=1S/C25H28N6O/c1-2-21-25(32)31(17-19-9-5-3-6-10-19)22-23(28-21)26-18-27-24(22)30-15-13-29(14-16-30)20-11-7-4-8-12-20/h3-12,18,21H,2,13-17H2,1H3,(H,26,27,28). The number of hydrogen-bond acceptors (Lipinski definition) is 6. The van der Waals surface area contributed by atoms with Crippen LogP contribution in [0.2, 0.25) is 0 Å². The van der Waals surface area contributed by atoms with Crippen LogP contribution in [0, 0.1) is 0 Å². The second-order valence-corrected chi connectivity index (χ2v) is 8.22. The fourth-order valence-corrected chi connectivity index (χ4v) is 4.50. The van der Waals surface area contributed by atoms with Crippen molar-refractivity contribution >= 4 is 28.9 Å². The van der Waals surface area contributed by atoms with Crippen LogP contribution in [0.5, 0.6) is 0 Å². The molecule has 0 aliphatic carbocycles. The van der Waals surface area contributed by atoms with E-state index in [1.807, 2.05) is 36.1 Å². The minimum absolute atomic E-state index is 0.0721. The number of para-hydroxylation sites is 1. The monoisotopic (exact) mass is 428 g/mol. The van der Waals surface area contributed by atoms with Crippen molar-refractivity contribution in [2.45, 2.75) is 25.9 Å². The van der Waals surface area contributed by atoms with Crippen LogP contribution < -0.4 is 20.0 Å². The molecular weight excluding hydrogens is 400 g/mol. The number of carbonyl (C=O) groups is 1. The summed E-state index contributed by atoms with van der Waals surface area (Å²) in [6.07, 6.45) is 2.31. The van der Waals surface area contributed by atoms with E-state index in [0.29, 0.717) is 13.0 Å². The molecule has 3 heterocycles. The Morgan fingerprint density at radius 2 is 1.56 bits per heavy atom. The number of aromatic nitrogens is 2. The Morgan fingerprint density at radius 3 is 2.25 bits per heavy atom. The molecule has 164 valence electrons. The summed E-state index contributed by atoms with van der Waals surface area (Å²) in [7, 11) is 0. The summed E-state index contributed by atoms with van der Waals surface area (Å²) in [5.74, 6) is 1.64. The summed E-state index contributed by atoms with van der Waals surface area (Å²) < 4.78 is 0. The van der Waals surface area contributed by atoms with E-state index >= 15 is 0 Å². The van der Waals surface area contributed by atoms with Gasteiger partial charge in [0.1, 0.15) is 18.1 Å². The molecule has 1 atom stereocenters. The lowest BCUT2D eigenvalue weighted by atomic mass is 10.1. The molecule has 1 N–H and O–H groups in total. The van der Waals surface area contributed by atoms with Crippen molar-refractivity contribution in [3.8, 4) is 0 Å². The molecular formula is C25H28N6O. The highest BCUT2D eigenvalue weighted by atomic mass is 16.2. The van der Waals surface area contributed by atoms with E-state index in [4.69, 9.17) is 0 Å². The van der Waals surface area contributed by atoms with Gasteiger partial charge in [-0.1, -0.05) is 55.5 Å². The van der Waals surface area contributed by atoms with E-state index in [2.05, 4.69) is 61.5 Å². The average Bonchev–Trinajstić information content (AvgIpc) is 2.86. The first kappa shape index (κ1) is 20.3. The van der Waals surface area contributed by atoms with Crippen LogP contribution in [0.15, 0.2) is 67.0 Å². The predicted octanol–water partition coefficient (Wildman–Crippen LogP) is 3.54. The highest BCUT2D eigenvalue weighted by molar-refractivity contribution is 6.06. The van der Waals surface area contributed by atoms with Gasteiger partial charge in [0.25, 0.3) is 0 Å². The number of anilines is 4. The number of nitrogens with one attached hydrogen (secondary N) is 1. The summed E-state index contributed by atoms with van der Waals surface area (Å²) >= 11 is 0. The van der Waals surface area contributed by atoms with Gasteiger partial charge in [-0.25, -0.2) is 9.97 Å². The molecule has 3 aromatic rings. The van der Waals surface area contributed by atoms with E-state index in [1.54, 1.807) is 6.33 Å². The van der Waals surface area contributed by atoms with E-state index < -0.39 is 0 Å². The molecule has 0 bridgehead atoms. The van der Waals surface area contributed by atoms with Gasteiger partial charge in [-0.3, -0.25) is 9.69 Å². The molecule has 1 saturated heterocycles. The van der Waals surface area contributed by atoms with Crippen LogP contribution in [-0.2, 0) is 11.3 Å². The molecule has 2 aromatic carbocycles. The topological polar surface area (TPSA) is 64.6 Å². The maximum Gasteiger partial charge on any atom is 0.250 e. The minimum atomic E-state index is -0.274. The zero-order chi connectivity index (χ0) is 21.9. The van der Waals surface area contributed by atoms with Crippen molar-refractivity contribution in [2.75, 3.05) is 46.2 Å². The first-order chi connectivity index (χ1) is 15.7. The Hall–Kier alpha value is -3.61. The number of fused-ring (bicyclic) bond motifs is 1. The largest absolute Gasteiger partial charge is 0.368 e. The van der Waals surface area contributed by atoms with Crippen LogP contribution in [0.1, 0.15) is 18.9 Å². The normalized spacial score (nSPS) is 18.3. The quantitative estimate of drug-likeness (QED) is 0.671. The van der Waals surface area contributed by atoms with Gasteiger partial charge in [0.15, 0.2) is 11.6 Å². The first-order valence-electron chi connectivity index (χ1n) is 11.3. The first-order valence-corrected chi connectivity index (χ1v) is 11.3. The lowest BCUT2D eigenvalue weighted by molar-refractivity contribution is -0.119. The van der Waals surface area contributed by atoms with Crippen LogP contribution >= 0.6 is 0 Å². The molecule has 1 aromatic heterocycles. The van der Waals surface area contributed by atoms with Crippen molar-refractivity contribution in [3.63, 3.8) is 0 Å². The van der Waals surface area contributed by atoms with E-state index in [1.165, 1.54) is 5.69 Å². The molecule has 0 spiro atoms. The molecule has 7 heteroatoms. The summed E-state index contributed by atoms with van der Waals surface area (Å²) in [5, 5.41) is 3.35. The highest BCUT2D eigenvalue weighted by Gasteiger charge is 2.36. The second-order valence-electron chi connectivity index (χ2n) is 8.22. The fourth-order valence-electron chi connectivity index (χ4n) is 4.50. The third-order valence-corrected chi connectivity index (χ3v) is 6.24. The maximum atomic E-state index is 13.4. The number of carbonyl (C=O) groups excluding carboxylic acids is 1. The number of benzene rings is 2. The van der Waals surface area contributed by atoms with Crippen LogP contribution in [0.3, 0.4) is 0 Å². The van der Waals surface area contributed by atoms with Gasteiger partial charge < -0.3 is 15.1 Å². The third kappa shape index (κ3) is 3.86. The van der Waals surface area contributed by atoms with Crippen molar-refractivity contribution in [3.05, 3.63) is 72.6 Å². The SMILES string of the molecule is CCC1Nc2ncnc(N3CCN(c4ccccc4)CC3)c2N(Cc2ccccc2)C1=O. The molecule has 1 unspecified atom stereocenters. The maximum absolute atomic E-state index is 13.4. The molecule has 32 heavy (non-hydrogen) atoms. The van der Waals surface area contributed by atoms with Crippen LogP contribution in [-0.4, -0.2) is 48.1 Å². The summed E-state index contributed by atoms with van der Waals surface area (Å²) in [6.45, 7) is 6.01. The van der Waals surface area contributed by atoms with E-state index in [0.717, 1.165) is 49.1 Å². The van der Waals surface area contributed by atoms with Gasteiger partial charge in [-0.2, -0.15) is 0 Å². The van der Waals surface area contributed by atoms with E-state index in [9.17, 15) is 4.79 Å². The molecule has 5 rings (SSSR count). The summed E-state index contributed by atoms with van der Waals surface area (Å²) in [4.78, 5) is 29.1. The van der Waals surface area contributed by atoms with Gasteiger partial charge in [0.2, 0.25) is 5.91 Å². The second kappa shape index (κ2) is 8.86. The zero-order valence-electron chi connectivity index (χ0n) is 18.3. The number of nitrogens with zero attached hydrogens (tertiary/aromatic N) is 5. The molecule has 1 fully saturated rings. The van der Waals surface area contributed by atoms with Gasteiger partial charge in [-0.05, 0) is 24.1 Å². The predicted molar refractivity (Wildman–Crippen MR) is 128 cm³/mol.